The van der Waals surface area contributed by atoms with E-state index >= 15 is 0 Å². The van der Waals surface area contributed by atoms with E-state index in [2.05, 4.69) is 5.32 Å². The van der Waals surface area contributed by atoms with Crippen molar-refractivity contribution in [2.24, 2.45) is 0 Å². The van der Waals surface area contributed by atoms with Gasteiger partial charge in [0, 0.05) is 20.4 Å². The Balaban J connectivity index is 3.00. The molecule has 1 N–H and O–H groups in total. The van der Waals surface area contributed by atoms with E-state index in [1.165, 1.54) is 32.0 Å². The zero-order chi connectivity index (χ0) is 15.8. The Kier molecular flexibility index (Phi) is 6.39. The second kappa shape index (κ2) is 8.04. The Hall–Kier alpha value is -2.37. The number of ether oxygens (including phenoxy) is 2. The first kappa shape index (κ1) is 16.7. The number of nitrogens with one attached hydrogen (secondary N) is 1. The summed E-state index contributed by atoms with van der Waals surface area (Å²) >= 11 is 0. The van der Waals surface area contributed by atoms with Crippen molar-refractivity contribution in [2.75, 3.05) is 6.54 Å². The number of carbonyl (C=O) groups excluding carboxylic acids is 3. The van der Waals surface area contributed by atoms with Crippen molar-refractivity contribution in [3.05, 3.63) is 23.8 Å². The van der Waals surface area contributed by atoms with Crippen molar-refractivity contribution in [1.29, 1.82) is 0 Å². The number of rotatable bonds is 6. The minimum Gasteiger partial charge on any atom is -0.427 e. The van der Waals surface area contributed by atoms with Crippen LogP contribution < -0.4 is 14.8 Å². The predicted octanol–water partition coefficient (Wildman–Crippen LogP) is 2.07. The van der Waals surface area contributed by atoms with Gasteiger partial charge in [-0.1, -0.05) is 13.3 Å². The molecule has 1 rings (SSSR count). The molecule has 1 amide bonds. The molecule has 6 nitrogen and oxygen atoms in total. The summed E-state index contributed by atoms with van der Waals surface area (Å²) in [6, 6.07) is 4.26. The fourth-order valence-corrected chi connectivity index (χ4v) is 1.63. The first-order chi connectivity index (χ1) is 9.93. The summed E-state index contributed by atoms with van der Waals surface area (Å²) in [4.78, 5) is 34.1. The minimum absolute atomic E-state index is 0.132. The second-order valence-electron chi connectivity index (χ2n) is 4.45. The van der Waals surface area contributed by atoms with Gasteiger partial charge in [-0.25, -0.2) is 0 Å². The van der Waals surface area contributed by atoms with Gasteiger partial charge in [0.2, 0.25) is 0 Å². The van der Waals surface area contributed by atoms with E-state index in [4.69, 9.17) is 9.47 Å². The van der Waals surface area contributed by atoms with E-state index < -0.39 is 11.9 Å². The van der Waals surface area contributed by atoms with E-state index in [1.54, 1.807) is 0 Å². The van der Waals surface area contributed by atoms with Crippen molar-refractivity contribution >= 4 is 17.8 Å². The highest BCUT2D eigenvalue weighted by molar-refractivity contribution is 5.98. The van der Waals surface area contributed by atoms with Crippen LogP contribution in [0.4, 0.5) is 0 Å². The lowest BCUT2D eigenvalue weighted by Gasteiger charge is -2.11. The molecule has 0 unspecified atom stereocenters. The fourth-order valence-electron chi connectivity index (χ4n) is 1.63. The van der Waals surface area contributed by atoms with Gasteiger partial charge < -0.3 is 14.8 Å². The maximum absolute atomic E-state index is 12.1. The predicted molar refractivity (Wildman–Crippen MR) is 76.3 cm³/mol. The summed E-state index contributed by atoms with van der Waals surface area (Å²) in [5.41, 5.74) is 0.153. The molecule has 0 aliphatic heterocycles. The molecule has 0 heterocycles. The van der Waals surface area contributed by atoms with E-state index in [9.17, 15) is 14.4 Å². The summed E-state index contributed by atoms with van der Waals surface area (Å²) in [7, 11) is 0. The summed E-state index contributed by atoms with van der Waals surface area (Å²) in [5.74, 6) is -1.05. The van der Waals surface area contributed by atoms with Crippen LogP contribution in [0.15, 0.2) is 18.2 Å². The van der Waals surface area contributed by atoms with Crippen LogP contribution in [0.5, 0.6) is 11.5 Å². The van der Waals surface area contributed by atoms with Gasteiger partial charge in [0.15, 0.2) is 0 Å². The molecule has 0 atom stereocenters. The standard InChI is InChI=1S/C15H19NO5/c1-4-5-8-16-15(19)13-9-12(20-10(2)17)6-7-14(13)21-11(3)18/h6-7,9H,4-5,8H2,1-3H3,(H,16,19). The lowest BCUT2D eigenvalue weighted by atomic mass is 10.1. The van der Waals surface area contributed by atoms with Crippen molar-refractivity contribution in [2.45, 2.75) is 33.6 Å². The van der Waals surface area contributed by atoms with Crippen LogP contribution in [0.3, 0.4) is 0 Å². The van der Waals surface area contributed by atoms with E-state index in [-0.39, 0.29) is 23.0 Å². The zero-order valence-corrected chi connectivity index (χ0v) is 12.4. The van der Waals surface area contributed by atoms with Crippen molar-refractivity contribution in [3.63, 3.8) is 0 Å². The van der Waals surface area contributed by atoms with Crippen LogP contribution in [0.2, 0.25) is 0 Å². The fraction of sp³-hybridized carbons (Fsp3) is 0.400. The van der Waals surface area contributed by atoms with Gasteiger partial charge in [0.25, 0.3) is 5.91 Å². The normalized spacial score (nSPS) is 9.86. The zero-order valence-electron chi connectivity index (χ0n) is 12.4. The molecule has 0 saturated carbocycles. The van der Waals surface area contributed by atoms with Crippen LogP contribution in [0.25, 0.3) is 0 Å². The highest BCUT2D eigenvalue weighted by Gasteiger charge is 2.16. The summed E-state index contributed by atoms with van der Waals surface area (Å²) in [6.07, 6.45) is 1.79. The Morgan fingerprint density at radius 2 is 1.76 bits per heavy atom. The van der Waals surface area contributed by atoms with Gasteiger partial charge in [0.05, 0.1) is 5.56 Å². The third-order valence-electron chi connectivity index (χ3n) is 2.53. The molecule has 0 saturated heterocycles. The Morgan fingerprint density at radius 1 is 1.10 bits per heavy atom. The van der Waals surface area contributed by atoms with Gasteiger partial charge in [-0.15, -0.1) is 0 Å². The van der Waals surface area contributed by atoms with Crippen LogP contribution in [-0.4, -0.2) is 24.4 Å². The smallest absolute Gasteiger partial charge is 0.308 e. The monoisotopic (exact) mass is 293 g/mol. The minimum atomic E-state index is -0.530. The number of hydrogen-bond donors (Lipinski definition) is 1. The molecule has 0 radical (unpaired) electrons. The van der Waals surface area contributed by atoms with Crippen molar-refractivity contribution in [3.8, 4) is 11.5 Å². The maximum atomic E-state index is 12.1. The highest BCUT2D eigenvalue weighted by atomic mass is 16.5. The van der Waals surface area contributed by atoms with Crippen molar-refractivity contribution in [1.82, 2.24) is 5.32 Å². The quantitative estimate of drug-likeness (QED) is 0.493. The molecule has 0 aliphatic rings. The van der Waals surface area contributed by atoms with Crippen LogP contribution in [-0.2, 0) is 9.59 Å². The SMILES string of the molecule is CCCCNC(=O)c1cc(OC(C)=O)ccc1OC(C)=O. The van der Waals surface area contributed by atoms with Gasteiger partial charge in [-0.05, 0) is 24.6 Å². The summed E-state index contributed by atoms with van der Waals surface area (Å²) in [5, 5.41) is 2.72. The maximum Gasteiger partial charge on any atom is 0.308 e. The number of carbonyl (C=O) groups is 3. The first-order valence-corrected chi connectivity index (χ1v) is 6.73. The molecule has 0 aliphatic carbocycles. The average molecular weight is 293 g/mol. The molecule has 1 aromatic rings. The number of hydrogen-bond acceptors (Lipinski definition) is 5. The molecule has 0 bridgehead atoms. The highest BCUT2D eigenvalue weighted by Crippen LogP contribution is 2.24. The largest absolute Gasteiger partial charge is 0.427 e. The molecule has 0 aromatic heterocycles. The van der Waals surface area contributed by atoms with E-state index in [1.807, 2.05) is 6.92 Å². The van der Waals surface area contributed by atoms with Gasteiger partial charge >= 0.3 is 11.9 Å². The number of amides is 1. The third-order valence-corrected chi connectivity index (χ3v) is 2.53. The van der Waals surface area contributed by atoms with Gasteiger partial charge in [-0.2, -0.15) is 0 Å². The Bertz CT molecular complexity index is 539. The third kappa shape index (κ3) is 5.64. The number of unbranched alkanes of at least 4 members (excludes halogenated alkanes) is 1. The first-order valence-electron chi connectivity index (χ1n) is 6.73. The van der Waals surface area contributed by atoms with Crippen LogP contribution >= 0.6 is 0 Å². The van der Waals surface area contributed by atoms with Gasteiger partial charge in [0.1, 0.15) is 11.5 Å². The van der Waals surface area contributed by atoms with Crippen molar-refractivity contribution < 1.29 is 23.9 Å². The van der Waals surface area contributed by atoms with E-state index in [0.29, 0.717) is 6.54 Å². The molecule has 21 heavy (non-hydrogen) atoms. The lowest BCUT2D eigenvalue weighted by molar-refractivity contribution is -0.133. The van der Waals surface area contributed by atoms with Crippen LogP contribution in [0.1, 0.15) is 44.0 Å². The van der Waals surface area contributed by atoms with Crippen LogP contribution in [0, 0.1) is 0 Å². The molecule has 6 heteroatoms. The lowest BCUT2D eigenvalue weighted by Crippen LogP contribution is -2.25. The molecular weight excluding hydrogens is 274 g/mol. The Morgan fingerprint density at radius 3 is 2.33 bits per heavy atom. The number of esters is 2. The number of benzene rings is 1. The molecular formula is C15H19NO5. The summed E-state index contributed by atoms with van der Waals surface area (Å²) in [6.45, 7) is 5.05. The average Bonchev–Trinajstić information content (AvgIpc) is 2.39. The molecule has 0 spiro atoms. The van der Waals surface area contributed by atoms with Gasteiger partial charge in [-0.3, -0.25) is 14.4 Å². The topological polar surface area (TPSA) is 81.7 Å². The second-order valence-corrected chi connectivity index (χ2v) is 4.45. The van der Waals surface area contributed by atoms with E-state index in [0.717, 1.165) is 12.8 Å². The molecule has 114 valence electrons. The molecule has 1 aromatic carbocycles. The Labute approximate surface area is 123 Å². The summed E-state index contributed by atoms with van der Waals surface area (Å²) < 4.78 is 9.92. The molecule has 0 fully saturated rings.